The summed E-state index contributed by atoms with van der Waals surface area (Å²) in [5.74, 6) is 0.570. The van der Waals surface area contributed by atoms with E-state index in [2.05, 4.69) is 21.8 Å². The quantitative estimate of drug-likeness (QED) is 0.482. The molecule has 194 valence electrons. The second-order valence-corrected chi connectivity index (χ2v) is 10.7. The first-order valence-electron chi connectivity index (χ1n) is 12.7. The van der Waals surface area contributed by atoms with Crippen LogP contribution in [0.4, 0.5) is 4.79 Å². The predicted octanol–water partition coefficient (Wildman–Crippen LogP) is 4.80. The van der Waals surface area contributed by atoms with Crippen molar-refractivity contribution in [3.8, 4) is 5.75 Å². The number of pyridine rings is 1. The molecule has 3 aliphatic heterocycles. The molecule has 1 amide bonds. The van der Waals surface area contributed by atoms with E-state index in [1.165, 1.54) is 6.92 Å². The Morgan fingerprint density at radius 1 is 1.36 bits per heavy atom. The Morgan fingerprint density at radius 2 is 2.14 bits per heavy atom. The molecule has 0 aliphatic carbocycles. The lowest BCUT2D eigenvalue weighted by atomic mass is 9.73. The lowest BCUT2D eigenvalue weighted by Gasteiger charge is -2.51. The smallest absolute Gasteiger partial charge is 0.408 e. The van der Waals surface area contributed by atoms with Gasteiger partial charge in [-0.15, -0.1) is 6.58 Å². The van der Waals surface area contributed by atoms with E-state index in [-0.39, 0.29) is 18.4 Å². The van der Waals surface area contributed by atoms with Gasteiger partial charge in [-0.1, -0.05) is 19.9 Å². The third kappa shape index (κ3) is 5.19. The second kappa shape index (κ2) is 10.5. The Balaban J connectivity index is 1.71. The van der Waals surface area contributed by atoms with Gasteiger partial charge in [0.05, 0.1) is 18.7 Å². The highest BCUT2D eigenvalue weighted by molar-refractivity contribution is 5.85. The number of fused-ring (bicyclic) bond motifs is 4. The number of carboxylic acid groups (broad SMARTS) is 1. The van der Waals surface area contributed by atoms with Crippen molar-refractivity contribution in [2.45, 2.75) is 57.7 Å². The van der Waals surface area contributed by atoms with Crippen LogP contribution in [0, 0.1) is 17.8 Å². The monoisotopic (exact) mass is 495 g/mol. The third-order valence-corrected chi connectivity index (χ3v) is 7.69. The zero-order chi connectivity index (χ0) is 26.0. The summed E-state index contributed by atoms with van der Waals surface area (Å²) in [6.45, 7) is 11.2. The molecule has 4 heterocycles. The fourth-order valence-corrected chi connectivity index (χ4v) is 5.94. The number of benzene rings is 1. The van der Waals surface area contributed by atoms with Crippen LogP contribution >= 0.6 is 0 Å². The molecule has 8 nitrogen and oxygen atoms in total. The van der Waals surface area contributed by atoms with Crippen molar-refractivity contribution in [1.29, 1.82) is 0 Å². The summed E-state index contributed by atoms with van der Waals surface area (Å²) in [6, 6.07) is 7.50. The van der Waals surface area contributed by atoms with E-state index in [4.69, 9.17) is 9.47 Å². The summed E-state index contributed by atoms with van der Waals surface area (Å²) >= 11 is 0. The van der Waals surface area contributed by atoms with Crippen molar-refractivity contribution in [3.05, 3.63) is 48.7 Å². The number of aromatic nitrogens is 1. The molecular weight excluding hydrogens is 458 g/mol. The molecule has 3 fully saturated rings. The first kappa shape index (κ1) is 25.9. The summed E-state index contributed by atoms with van der Waals surface area (Å²) in [5.41, 5.74) is 0.180. The Bertz CT molecular complexity index is 1140. The molecule has 2 bridgehead atoms. The highest BCUT2D eigenvalue weighted by Crippen LogP contribution is 2.43. The maximum Gasteiger partial charge on any atom is 0.408 e. The van der Waals surface area contributed by atoms with Crippen LogP contribution < -0.4 is 10.1 Å². The normalized spacial score (nSPS) is 25.7. The van der Waals surface area contributed by atoms with Crippen molar-refractivity contribution < 1.29 is 24.2 Å². The molecule has 0 saturated carbocycles. The van der Waals surface area contributed by atoms with Gasteiger partial charge in [-0.25, -0.2) is 9.59 Å². The molecule has 1 aromatic heterocycles. The highest BCUT2D eigenvalue weighted by atomic mass is 16.6. The number of amides is 1. The highest BCUT2D eigenvalue weighted by Gasteiger charge is 2.45. The molecule has 6 atom stereocenters. The Kier molecular flexibility index (Phi) is 7.54. The average Bonchev–Trinajstić information content (AvgIpc) is 2.86. The number of carbonyl (C=O) groups is 2. The van der Waals surface area contributed by atoms with Crippen LogP contribution in [0.3, 0.4) is 0 Å². The maximum absolute atomic E-state index is 13.3. The Morgan fingerprint density at radius 3 is 2.75 bits per heavy atom. The molecule has 0 radical (unpaired) electrons. The maximum atomic E-state index is 13.3. The van der Waals surface area contributed by atoms with Crippen molar-refractivity contribution >= 4 is 23.0 Å². The minimum atomic E-state index is -1.43. The molecule has 5 rings (SSSR count). The number of ether oxygens (including phenoxy) is 2. The third-order valence-electron chi connectivity index (χ3n) is 7.69. The average molecular weight is 496 g/mol. The molecule has 8 heteroatoms. The molecule has 36 heavy (non-hydrogen) atoms. The zero-order valence-electron chi connectivity index (χ0n) is 21.6. The van der Waals surface area contributed by atoms with Gasteiger partial charge in [-0.05, 0) is 74.8 Å². The van der Waals surface area contributed by atoms with Crippen molar-refractivity contribution in [3.63, 3.8) is 0 Å². The Labute approximate surface area is 212 Å². The number of methoxy groups -OCH3 is 1. The fraction of sp³-hybridized carbons (Fsp3) is 0.536. The summed E-state index contributed by atoms with van der Waals surface area (Å²) < 4.78 is 11.6. The van der Waals surface area contributed by atoms with Gasteiger partial charge < -0.3 is 19.9 Å². The molecule has 2 N–H and O–H groups in total. The first-order valence-corrected chi connectivity index (χ1v) is 12.7. The Hall–Kier alpha value is -3.13. The SMILES string of the molecule is C=C[C@@H]1CN2CC[C@H]1C[C@@H]2[C@@H](OC(=O)NC(C)(CC(C)C)C(=O)O)c1ccnc2ccc(OC)cc12. The van der Waals surface area contributed by atoms with Crippen LogP contribution in [0.5, 0.6) is 5.75 Å². The molecule has 3 saturated heterocycles. The zero-order valence-corrected chi connectivity index (χ0v) is 21.6. The number of aliphatic carboxylic acids is 1. The number of piperidine rings is 3. The topological polar surface area (TPSA) is 101 Å². The van der Waals surface area contributed by atoms with Gasteiger partial charge in [-0.2, -0.15) is 0 Å². The van der Waals surface area contributed by atoms with E-state index in [9.17, 15) is 14.7 Å². The number of hydrogen-bond acceptors (Lipinski definition) is 6. The van der Waals surface area contributed by atoms with Gasteiger partial charge in [0, 0.05) is 23.7 Å². The van der Waals surface area contributed by atoms with Gasteiger partial charge in [0.1, 0.15) is 17.4 Å². The van der Waals surface area contributed by atoms with E-state index in [0.717, 1.165) is 42.4 Å². The summed E-state index contributed by atoms with van der Waals surface area (Å²) in [6.07, 6.45) is 4.66. The molecule has 0 spiro atoms. The largest absolute Gasteiger partial charge is 0.497 e. The summed E-state index contributed by atoms with van der Waals surface area (Å²) in [7, 11) is 1.61. The minimum absolute atomic E-state index is 0.0383. The lowest BCUT2D eigenvalue weighted by Crippen LogP contribution is -2.57. The number of hydrogen-bond donors (Lipinski definition) is 2. The van der Waals surface area contributed by atoms with Crippen LogP contribution in [0.15, 0.2) is 43.1 Å². The number of nitrogens with one attached hydrogen (secondary N) is 1. The molecular formula is C28H37N3O5. The van der Waals surface area contributed by atoms with Crippen LogP contribution in [0.2, 0.25) is 0 Å². The van der Waals surface area contributed by atoms with E-state index in [1.807, 2.05) is 44.2 Å². The van der Waals surface area contributed by atoms with E-state index >= 15 is 0 Å². The van der Waals surface area contributed by atoms with Crippen LogP contribution in [-0.2, 0) is 9.53 Å². The second-order valence-electron chi connectivity index (χ2n) is 10.7. The number of alkyl carbamates (subject to hydrolysis) is 1. The molecule has 1 aromatic carbocycles. The standard InChI is InChI=1S/C28H37N3O5/c1-6-18-16-31-12-10-19(18)13-24(31)25(36-27(34)30-28(4,26(32)33)15-17(2)3)21-9-11-29-23-8-7-20(35-5)14-22(21)23/h6-9,11,14,17-19,24-25H,1,10,12-13,15-16H2,2-5H3,(H,30,34)(H,32,33)/t18-,19+,24-,25+,28?/m1/s1. The van der Waals surface area contributed by atoms with Gasteiger partial charge in [0.2, 0.25) is 0 Å². The van der Waals surface area contributed by atoms with Gasteiger partial charge >= 0.3 is 12.1 Å². The fourth-order valence-electron chi connectivity index (χ4n) is 5.94. The van der Waals surface area contributed by atoms with Crippen molar-refractivity contribution in [2.75, 3.05) is 20.2 Å². The number of carboxylic acids is 1. The van der Waals surface area contributed by atoms with E-state index < -0.39 is 23.7 Å². The minimum Gasteiger partial charge on any atom is -0.497 e. The van der Waals surface area contributed by atoms with Crippen LogP contribution in [0.1, 0.15) is 51.7 Å². The predicted molar refractivity (Wildman–Crippen MR) is 138 cm³/mol. The van der Waals surface area contributed by atoms with Crippen LogP contribution in [0.25, 0.3) is 10.9 Å². The van der Waals surface area contributed by atoms with E-state index in [0.29, 0.717) is 17.6 Å². The lowest BCUT2D eigenvalue weighted by molar-refractivity contribution is -0.144. The number of nitrogens with zero attached hydrogens (tertiary/aromatic N) is 2. The molecule has 2 unspecified atom stereocenters. The first-order chi connectivity index (χ1) is 17.1. The summed E-state index contributed by atoms with van der Waals surface area (Å²) in [4.78, 5) is 32.2. The molecule has 3 aliphatic rings. The van der Waals surface area contributed by atoms with Crippen molar-refractivity contribution in [1.82, 2.24) is 15.2 Å². The number of carbonyl (C=O) groups excluding carboxylic acids is 1. The molecule has 2 aromatic rings. The van der Waals surface area contributed by atoms with E-state index in [1.54, 1.807) is 13.3 Å². The van der Waals surface area contributed by atoms with Crippen LogP contribution in [-0.4, -0.2) is 58.8 Å². The summed E-state index contributed by atoms with van der Waals surface area (Å²) in [5, 5.41) is 13.4. The van der Waals surface area contributed by atoms with Gasteiger partial charge in [0.25, 0.3) is 0 Å². The van der Waals surface area contributed by atoms with Gasteiger partial charge in [0.15, 0.2) is 0 Å². The number of rotatable bonds is 9. The van der Waals surface area contributed by atoms with Crippen molar-refractivity contribution in [2.24, 2.45) is 17.8 Å². The van der Waals surface area contributed by atoms with Gasteiger partial charge in [-0.3, -0.25) is 9.88 Å².